The number of halogens is 1. The van der Waals surface area contributed by atoms with E-state index in [0.29, 0.717) is 17.7 Å². The molecule has 156 valence electrons. The molecule has 4 aliphatic rings. The van der Waals surface area contributed by atoms with Gasteiger partial charge in [-0.15, -0.1) is 0 Å². The third-order valence-corrected chi connectivity index (χ3v) is 8.51. The molecule has 2 aromatic carbocycles. The molecule has 0 saturated carbocycles. The summed E-state index contributed by atoms with van der Waals surface area (Å²) in [5.41, 5.74) is 7.07. The predicted molar refractivity (Wildman–Crippen MR) is 120 cm³/mol. The molecule has 31 heavy (non-hydrogen) atoms. The number of piperidine rings is 1. The summed E-state index contributed by atoms with van der Waals surface area (Å²) in [4.78, 5) is 7.50. The Hall–Kier alpha value is -2.56. The van der Waals surface area contributed by atoms with Crippen molar-refractivity contribution in [2.24, 2.45) is 5.92 Å². The Morgan fingerprint density at radius 3 is 2.77 bits per heavy atom. The highest BCUT2D eigenvalue weighted by molar-refractivity contribution is 6.30. The molecule has 1 N–H and O–H groups in total. The SMILES string of the molecule is CN1CC[C@]23c4c5ccc(O)c4O[C@H]2c2ncc(-c4ccc(Cl)cc4)cc2C[C@H]3[C@H]1C5. The molecule has 0 radical (unpaired) electrons. The van der Waals surface area contributed by atoms with E-state index in [9.17, 15) is 5.11 Å². The number of aromatic hydroxyl groups is 1. The van der Waals surface area contributed by atoms with Crippen molar-refractivity contribution in [1.82, 2.24) is 9.88 Å². The lowest BCUT2D eigenvalue weighted by Crippen LogP contribution is -2.62. The van der Waals surface area contributed by atoms with Crippen molar-refractivity contribution in [3.05, 3.63) is 76.1 Å². The van der Waals surface area contributed by atoms with Crippen molar-refractivity contribution in [1.29, 1.82) is 0 Å². The lowest BCUT2D eigenvalue weighted by atomic mass is 9.51. The first-order chi connectivity index (χ1) is 15.1. The second kappa shape index (κ2) is 6.02. The Kier molecular flexibility index (Phi) is 3.51. The number of phenols is 1. The summed E-state index contributed by atoms with van der Waals surface area (Å²) in [5.74, 6) is 1.42. The molecule has 1 aromatic heterocycles. The summed E-state index contributed by atoms with van der Waals surface area (Å²) in [6, 6.07) is 14.6. The fourth-order valence-electron chi connectivity index (χ4n) is 6.86. The first-order valence-corrected chi connectivity index (χ1v) is 11.4. The molecule has 7 rings (SSSR count). The van der Waals surface area contributed by atoms with Gasteiger partial charge in [-0.05, 0) is 79.7 Å². The second-order valence-corrected chi connectivity index (χ2v) is 10.0. The fraction of sp³-hybridized carbons (Fsp3) is 0.346. The molecule has 3 heterocycles. The number of likely N-dealkylation sites (N-methyl/N-ethyl adjacent to an activating group) is 1. The molecule has 1 fully saturated rings. The molecule has 2 bridgehead atoms. The first-order valence-electron chi connectivity index (χ1n) is 11.0. The molecule has 2 aliphatic heterocycles. The molecule has 2 aliphatic carbocycles. The van der Waals surface area contributed by atoms with E-state index in [1.54, 1.807) is 6.07 Å². The molecular formula is C26H23ClN2O2. The lowest BCUT2D eigenvalue weighted by Gasteiger charge is -2.57. The van der Waals surface area contributed by atoms with Crippen LogP contribution in [-0.4, -0.2) is 34.6 Å². The number of ether oxygens (including phenoxy) is 1. The highest BCUT2D eigenvalue weighted by atomic mass is 35.5. The Bertz CT molecular complexity index is 1240. The van der Waals surface area contributed by atoms with Crippen LogP contribution in [0.1, 0.15) is 34.9 Å². The number of phenolic OH excluding ortho intramolecular Hbond substituents is 1. The Balaban J connectivity index is 1.43. The van der Waals surface area contributed by atoms with Crippen molar-refractivity contribution >= 4 is 11.6 Å². The number of hydrogen-bond donors (Lipinski definition) is 1. The van der Waals surface area contributed by atoms with Crippen LogP contribution < -0.4 is 4.74 Å². The van der Waals surface area contributed by atoms with Crippen LogP contribution in [0.2, 0.25) is 5.02 Å². The van der Waals surface area contributed by atoms with Crippen molar-refractivity contribution < 1.29 is 9.84 Å². The number of aromatic nitrogens is 1. The zero-order valence-electron chi connectivity index (χ0n) is 17.3. The van der Waals surface area contributed by atoms with Gasteiger partial charge in [-0.3, -0.25) is 4.98 Å². The van der Waals surface area contributed by atoms with E-state index < -0.39 is 0 Å². The molecule has 3 aromatic rings. The van der Waals surface area contributed by atoms with Crippen LogP contribution in [0.15, 0.2) is 48.7 Å². The quantitative estimate of drug-likeness (QED) is 0.595. The zero-order chi connectivity index (χ0) is 20.9. The number of likely N-dealkylation sites (tertiary alicyclic amines) is 1. The van der Waals surface area contributed by atoms with Gasteiger partial charge in [0.25, 0.3) is 0 Å². The molecule has 5 heteroatoms. The Morgan fingerprint density at radius 2 is 1.94 bits per heavy atom. The standard InChI is InChI=1S/C26H23ClN2O2/c1-29-9-8-26-19-11-16-10-17(14-2-5-18(27)6-3-14)13-28-23(16)25(26)31-24-21(30)7-4-15(22(24)26)12-20(19)29/h2-7,10,13,19-20,25,30H,8-9,11-12H2,1H3/t19-,20+,25-,26-/m0/s1. The van der Waals surface area contributed by atoms with E-state index in [-0.39, 0.29) is 17.3 Å². The largest absolute Gasteiger partial charge is 0.504 e. The minimum absolute atomic E-state index is 0.0827. The van der Waals surface area contributed by atoms with Gasteiger partial charge in [0, 0.05) is 33.8 Å². The van der Waals surface area contributed by atoms with E-state index in [1.165, 1.54) is 16.7 Å². The van der Waals surface area contributed by atoms with E-state index in [2.05, 4.69) is 24.1 Å². The third-order valence-electron chi connectivity index (χ3n) is 8.26. The van der Waals surface area contributed by atoms with Gasteiger partial charge in [0.1, 0.15) is 0 Å². The number of fused-ring (bicyclic) bond motifs is 2. The average molecular weight is 431 g/mol. The smallest absolute Gasteiger partial charge is 0.166 e. The number of benzene rings is 2. The van der Waals surface area contributed by atoms with Gasteiger partial charge in [-0.1, -0.05) is 29.8 Å². The van der Waals surface area contributed by atoms with Gasteiger partial charge < -0.3 is 14.7 Å². The lowest BCUT2D eigenvalue weighted by molar-refractivity contribution is -0.0260. The summed E-state index contributed by atoms with van der Waals surface area (Å²) in [6.07, 6.45) is 4.88. The molecule has 0 amide bonds. The van der Waals surface area contributed by atoms with E-state index in [0.717, 1.165) is 47.7 Å². The molecule has 4 nitrogen and oxygen atoms in total. The third kappa shape index (κ3) is 2.22. The maximum Gasteiger partial charge on any atom is 0.166 e. The van der Waals surface area contributed by atoms with Gasteiger partial charge in [0.2, 0.25) is 0 Å². The van der Waals surface area contributed by atoms with Crippen LogP contribution in [0.25, 0.3) is 11.1 Å². The predicted octanol–water partition coefficient (Wildman–Crippen LogP) is 4.91. The number of pyridine rings is 1. The number of rotatable bonds is 1. The van der Waals surface area contributed by atoms with Crippen LogP contribution in [0.4, 0.5) is 0 Å². The van der Waals surface area contributed by atoms with E-state index >= 15 is 0 Å². The highest BCUT2D eigenvalue weighted by Crippen LogP contribution is 2.66. The zero-order valence-corrected chi connectivity index (χ0v) is 18.1. The number of hydrogen-bond acceptors (Lipinski definition) is 4. The molecule has 1 saturated heterocycles. The Labute approximate surface area is 186 Å². The first kappa shape index (κ1) is 18.1. The van der Waals surface area contributed by atoms with Crippen molar-refractivity contribution in [2.45, 2.75) is 36.8 Å². The van der Waals surface area contributed by atoms with Gasteiger partial charge in [-0.2, -0.15) is 0 Å². The van der Waals surface area contributed by atoms with Crippen LogP contribution in [0.5, 0.6) is 11.5 Å². The fourth-order valence-corrected chi connectivity index (χ4v) is 6.99. The van der Waals surface area contributed by atoms with Crippen LogP contribution >= 0.6 is 11.6 Å². The van der Waals surface area contributed by atoms with Crippen LogP contribution in [0, 0.1) is 5.92 Å². The summed E-state index contributed by atoms with van der Waals surface area (Å²) >= 11 is 6.09. The highest BCUT2D eigenvalue weighted by Gasteiger charge is 2.64. The van der Waals surface area contributed by atoms with E-state index in [1.807, 2.05) is 30.5 Å². The molecule has 4 atom stereocenters. The number of nitrogens with zero attached hydrogens (tertiary/aromatic N) is 2. The Morgan fingerprint density at radius 1 is 1.10 bits per heavy atom. The van der Waals surface area contributed by atoms with Crippen molar-refractivity contribution in [3.8, 4) is 22.6 Å². The summed E-state index contributed by atoms with van der Waals surface area (Å²) in [5, 5.41) is 11.4. The van der Waals surface area contributed by atoms with Crippen LogP contribution in [0.3, 0.4) is 0 Å². The molecule has 0 unspecified atom stereocenters. The van der Waals surface area contributed by atoms with Crippen LogP contribution in [-0.2, 0) is 18.3 Å². The molecule has 1 spiro atoms. The second-order valence-electron chi connectivity index (χ2n) is 9.57. The summed E-state index contributed by atoms with van der Waals surface area (Å²) < 4.78 is 6.58. The van der Waals surface area contributed by atoms with E-state index in [4.69, 9.17) is 21.3 Å². The monoisotopic (exact) mass is 430 g/mol. The van der Waals surface area contributed by atoms with Crippen molar-refractivity contribution in [3.63, 3.8) is 0 Å². The summed E-state index contributed by atoms with van der Waals surface area (Å²) in [7, 11) is 2.26. The minimum Gasteiger partial charge on any atom is -0.504 e. The average Bonchev–Trinajstić information content (AvgIpc) is 3.13. The normalized spacial score (nSPS) is 29.8. The topological polar surface area (TPSA) is 45.6 Å². The van der Waals surface area contributed by atoms with Gasteiger partial charge in [0.05, 0.1) is 5.69 Å². The minimum atomic E-state index is -0.126. The van der Waals surface area contributed by atoms with Gasteiger partial charge in [0.15, 0.2) is 17.6 Å². The maximum absolute atomic E-state index is 10.7. The van der Waals surface area contributed by atoms with Gasteiger partial charge in [-0.25, -0.2) is 0 Å². The summed E-state index contributed by atoms with van der Waals surface area (Å²) in [6.45, 7) is 1.05. The maximum atomic E-state index is 10.7. The van der Waals surface area contributed by atoms with Crippen molar-refractivity contribution in [2.75, 3.05) is 13.6 Å². The molecular weight excluding hydrogens is 408 g/mol. The van der Waals surface area contributed by atoms with Gasteiger partial charge >= 0.3 is 0 Å².